The molecule has 0 aliphatic rings. The summed E-state index contributed by atoms with van der Waals surface area (Å²) in [5.41, 5.74) is 2.39. The molecule has 0 aliphatic heterocycles. The second-order valence-electron chi connectivity index (χ2n) is 6.10. The summed E-state index contributed by atoms with van der Waals surface area (Å²) in [6.45, 7) is 2.05. The number of nitrogens with one attached hydrogen (secondary N) is 1. The molecule has 0 radical (unpaired) electrons. The Bertz CT molecular complexity index is 609. The summed E-state index contributed by atoms with van der Waals surface area (Å²) in [4.78, 5) is 14.0. The van der Waals surface area contributed by atoms with E-state index < -0.39 is 0 Å². The Morgan fingerprint density at radius 1 is 1.00 bits per heavy atom. The minimum Gasteiger partial charge on any atom is -0.494 e. The largest absolute Gasteiger partial charge is 0.494 e. The zero-order valence-corrected chi connectivity index (χ0v) is 14.5. The third kappa shape index (κ3) is 6.84. The van der Waals surface area contributed by atoms with E-state index in [0.717, 1.165) is 17.9 Å². The number of carbonyl (C=O) groups excluding carboxylic acids is 1. The van der Waals surface area contributed by atoms with Gasteiger partial charge in [-0.2, -0.15) is 0 Å². The second kappa shape index (κ2) is 9.73. The summed E-state index contributed by atoms with van der Waals surface area (Å²) >= 11 is 0. The summed E-state index contributed by atoms with van der Waals surface area (Å²) < 4.78 is 5.58. The van der Waals surface area contributed by atoms with Crippen LogP contribution in [0.3, 0.4) is 0 Å². The lowest BCUT2D eigenvalue weighted by Crippen LogP contribution is -2.23. The van der Waals surface area contributed by atoms with Crippen molar-refractivity contribution in [2.45, 2.75) is 25.9 Å². The lowest BCUT2D eigenvalue weighted by Gasteiger charge is -2.10. The Labute approximate surface area is 144 Å². The van der Waals surface area contributed by atoms with Crippen LogP contribution in [-0.4, -0.2) is 31.5 Å². The summed E-state index contributed by atoms with van der Waals surface area (Å²) in [7, 11) is 4.10. The average molecular weight is 326 g/mol. The number of benzene rings is 2. The highest BCUT2D eigenvalue weighted by Gasteiger charge is 2.02. The topological polar surface area (TPSA) is 41.6 Å². The molecule has 0 saturated carbocycles. The van der Waals surface area contributed by atoms with Gasteiger partial charge in [0.05, 0.1) is 6.61 Å². The summed E-state index contributed by atoms with van der Waals surface area (Å²) in [6, 6.07) is 18.0. The first-order valence-corrected chi connectivity index (χ1v) is 8.30. The maximum Gasteiger partial charge on any atom is 0.220 e. The van der Waals surface area contributed by atoms with Gasteiger partial charge in [-0.15, -0.1) is 0 Å². The van der Waals surface area contributed by atoms with Crippen LogP contribution >= 0.6 is 0 Å². The van der Waals surface area contributed by atoms with Crippen molar-refractivity contribution >= 4 is 5.91 Å². The van der Waals surface area contributed by atoms with E-state index in [1.165, 1.54) is 5.56 Å². The lowest BCUT2D eigenvalue weighted by atomic mass is 10.1. The Morgan fingerprint density at radius 2 is 1.67 bits per heavy atom. The van der Waals surface area contributed by atoms with Crippen molar-refractivity contribution in [1.82, 2.24) is 10.2 Å². The van der Waals surface area contributed by atoms with Gasteiger partial charge in [0.2, 0.25) is 5.91 Å². The first kappa shape index (κ1) is 18.0. The molecule has 0 fully saturated rings. The molecule has 24 heavy (non-hydrogen) atoms. The van der Waals surface area contributed by atoms with Crippen LogP contribution in [0.15, 0.2) is 54.6 Å². The van der Waals surface area contributed by atoms with Crippen molar-refractivity contribution in [1.29, 1.82) is 0 Å². The lowest BCUT2D eigenvalue weighted by molar-refractivity contribution is -0.121. The number of hydrogen-bond donors (Lipinski definition) is 1. The predicted octanol–water partition coefficient (Wildman–Crippen LogP) is 3.22. The van der Waals surface area contributed by atoms with E-state index in [9.17, 15) is 4.79 Å². The standard InChI is InChI=1S/C20H26N2O2/c1-22(2)16-18-12-10-17(11-13-18)15-21-20(23)9-6-14-24-19-7-4-3-5-8-19/h3-5,7-8,10-13H,6,9,14-16H2,1-2H3,(H,21,23). The van der Waals surface area contributed by atoms with Gasteiger partial charge in [0, 0.05) is 19.5 Å². The van der Waals surface area contributed by atoms with E-state index in [2.05, 4.69) is 48.6 Å². The van der Waals surface area contributed by atoms with Crippen LogP contribution in [-0.2, 0) is 17.9 Å². The Kier molecular flexibility index (Phi) is 7.30. The highest BCUT2D eigenvalue weighted by atomic mass is 16.5. The van der Waals surface area contributed by atoms with Crippen molar-refractivity contribution in [2.75, 3.05) is 20.7 Å². The highest BCUT2D eigenvalue weighted by molar-refractivity contribution is 5.75. The second-order valence-corrected chi connectivity index (χ2v) is 6.10. The number of ether oxygens (including phenoxy) is 1. The van der Waals surface area contributed by atoms with Crippen molar-refractivity contribution in [3.05, 3.63) is 65.7 Å². The third-order valence-electron chi connectivity index (χ3n) is 3.57. The van der Waals surface area contributed by atoms with Crippen LogP contribution < -0.4 is 10.1 Å². The molecule has 2 aromatic rings. The van der Waals surface area contributed by atoms with Gasteiger partial charge in [-0.1, -0.05) is 42.5 Å². The molecular weight excluding hydrogens is 300 g/mol. The smallest absolute Gasteiger partial charge is 0.220 e. The summed E-state index contributed by atoms with van der Waals surface area (Å²) in [5.74, 6) is 0.903. The average Bonchev–Trinajstić information content (AvgIpc) is 2.58. The van der Waals surface area contributed by atoms with Gasteiger partial charge in [-0.05, 0) is 43.8 Å². The Hall–Kier alpha value is -2.33. The van der Waals surface area contributed by atoms with Gasteiger partial charge >= 0.3 is 0 Å². The number of rotatable bonds is 9. The van der Waals surface area contributed by atoms with E-state index in [0.29, 0.717) is 26.0 Å². The summed E-state index contributed by atoms with van der Waals surface area (Å²) in [5, 5.41) is 2.95. The molecular formula is C20H26N2O2. The molecule has 0 spiro atoms. The van der Waals surface area contributed by atoms with Crippen LogP contribution in [0.4, 0.5) is 0 Å². The fourth-order valence-corrected chi connectivity index (χ4v) is 2.36. The highest BCUT2D eigenvalue weighted by Crippen LogP contribution is 2.09. The first-order valence-electron chi connectivity index (χ1n) is 8.30. The van der Waals surface area contributed by atoms with Gasteiger partial charge in [0.1, 0.15) is 5.75 Å². The van der Waals surface area contributed by atoms with E-state index in [1.807, 2.05) is 30.3 Å². The maximum atomic E-state index is 11.9. The molecule has 128 valence electrons. The fraction of sp³-hybridized carbons (Fsp3) is 0.350. The molecule has 0 heterocycles. The molecule has 1 amide bonds. The first-order chi connectivity index (χ1) is 11.6. The maximum absolute atomic E-state index is 11.9. The molecule has 4 nitrogen and oxygen atoms in total. The molecule has 4 heteroatoms. The number of para-hydroxylation sites is 1. The number of hydrogen-bond acceptors (Lipinski definition) is 3. The van der Waals surface area contributed by atoms with Crippen LogP contribution in [0.5, 0.6) is 5.75 Å². The van der Waals surface area contributed by atoms with Crippen molar-refractivity contribution in [3.63, 3.8) is 0 Å². The van der Waals surface area contributed by atoms with Crippen molar-refractivity contribution < 1.29 is 9.53 Å². The number of nitrogens with zero attached hydrogens (tertiary/aromatic N) is 1. The number of amides is 1. The monoisotopic (exact) mass is 326 g/mol. The third-order valence-corrected chi connectivity index (χ3v) is 3.57. The zero-order chi connectivity index (χ0) is 17.2. The Morgan fingerprint density at radius 3 is 2.33 bits per heavy atom. The summed E-state index contributed by atoms with van der Waals surface area (Å²) in [6.07, 6.45) is 1.19. The molecule has 0 aliphatic carbocycles. The fourth-order valence-electron chi connectivity index (χ4n) is 2.36. The van der Waals surface area contributed by atoms with E-state index in [4.69, 9.17) is 4.74 Å². The molecule has 0 unspecified atom stereocenters. The minimum absolute atomic E-state index is 0.0593. The number of carbonyl (C=O) groups is 1. The van der Waals surface area contributed by atoms with Gasteiger partial charge in [0.15, 0.2) is 0 Å². The molecule has 2 rings (SSSR count). The van der Waals surface area contributed by atoms with E-state index >= 15 is 0 Å². The van der Waals surface area contributed by atoms with Gasteiger partial charge < -0.3 is 15.0 Å². The van der Waals surface area contributed by atoms with Crippen LogP contribution in [0.25, 0.3) is 0 Å². The van der Waals surface area contributed by atoms with Crippen molar-refractivity contribution in [2.24, 2.45) is 0 Å². The molecule has 0 aromatic heterocycles. The van der Waals surface area contributed by atoms with Gasteiger partial charge in [-0.3, -0.25) is 4.79 Å². The minimum atomic E-state index is 0.0593. The quantitative estimate of drug-likeness (QED) is 0.719. The Balaban J connectivity index is 1.62. The van der Waals surface area contributed by atoms with E-state index in [-0.39, 0.29) is 5.91 Å². The van der Waals surface area contributed by atoms with Gasteiger partial charge in [-0.25, -0.2) is 0 Å². The predicted molar refractivity (Wildman–Crippen MR) is 96.9 cm³/mol. The van der Waals surface area contributed by atoms with Gasteiger partial charge in [0.25, 0.3) is 0 Å². The molecule has 0 saturated heterocycles. The normalized spacial score (nSPS) is 10.6. The molecule has 0 atom stereocenters. The van der Waals surface area contributed by atoms with Crippen molar-refractivity contribution in [3.8, 4) is 5.75 Å². The molecule has 2 aromatic carbocycles. The zero-order valence-electron chi connectivity index (χ0n) is 14.5. The SMILES string of the molecule is CN(C)Cc1ccc(CNC(=O)CCCOc2ccccc2)cc1. The molecule has 1 N–H and O–H groups in total. The molecule has 0 bridgehead atoms. The van der Waals surface area contributed by atoms with Crippen LogP contribution in [0.2, 0.25) is 0 Å². The van der Waals surface area contributed by atoms with E-state index in [1.54, 1.807) is 0 Å². The van der Waals surface area contributed by atoms with Crippen LogP contribution in [0, 0.1) is 0 Å². The van der Waals surface area contributed by atoms with Crippen LogP contribution in [0.1, 0.15) is 24.0 Å².